The third-order valence-electron chi connectivity index (χ3n) is 2.38. The Morgan fingerprint density at radius 3 is 2.82 bits per heavy atom. The van der Waals surface area contributed by atoms with Gasteiger partial charge in [-0.05, 0) is 30.7 Å². The van der Waals surface area contributed by atoms with Crippen molar-refractivity contribution in [3.8, 4) is 0 Å². The molecule has 0 aliphatic carbocycles. The van der Waals surface area contributed by atoms with Gasteiger partial charge >= 0.3 is 0 Å². The molecule has 0 aliphatic rings. The SMILES string of the molecule is CCn1cc(C(=O)/C=C/c2ccncc2)cn1. The summed E-state index contributed by atoms with van der Waals surface area (Å²) in [6.45, 7) is 2.75. The molecule has 86 valence electrons. The highest BCUT2D eigenvalue weighted by Gasteiger charge is 2.04. The van der Waals surface area contributed by atoms with Crippen molar-refractivity contribution in [2.75, 3.05) is 0 Å². The molecule has 0 spiro atoms. The van der Waals surface area contributed by atoms with Crippen LogP contribution >= 0.6 is 0 Å². The van der Waals surface area contributed by atoms with Gasteiger partial charge in [0.2, 0.25) is 0 Å². The standard InChI is InChI=1S/C13H13N3O/c1-2-16-10-12(9-15-16)13(17)4-3-11-5-7-14-8-6-11/h3-10H,2H2,1H3/b4-3+. The van der Waals surface area contributed by atoms with Gasteiger partial charge in [0.25, 0.3) is 0 Å². The van der Waals surface area contributed by atoms with Crippen molar-refractivity contribution < 1.29 is 4.79 Å². The number of ketones is 1. The van der Waals surface area contributed by atoms with Gasteiger partial charge in [-0.25, -0.2) is 0 Å². The number of hydrogen-bond donors (Lipinski definition) is 0. The fourth-order valence-electron chi connectivity index (χ4n) is 1.41. The van der Waals surface area contributed by atoms with Crippen molar-refractivity contribution in [3.63, 3.8) is 0 Å². The number of aromatic nitrogens is 3. The zero-order chi connectivity index (χ0) is 12.1. The number of allylic oxidation sites excluding steroid dienone is 1. The highest BCUT2D eigenvalue weighted by Crippen LogP contribution is 2.04. The molecule has 0 unspecified atom stereocenters. The van der Waals surface area contributed by atoms with E-state index in [0.717, 1.165) is 12.1 Å². The Hall–Kier alpha value is -2.23. The summed E-state index contributed by atoms with van der Waals surface area (Å²) in [5, 5.41) is 4.06. The number of carbonyl (C=O) groups is 1. The highest BCUT2D eigenvalue weighted by atomic mass is 16.1. The lowest BCUT2D eigenvalue weighted by molar-refractivity contribution is 0.104. The van der Waals surface area contributed by atoms with Gasteiger partial charge in [0.15, 0.2) is 5.78 Å². The summed E-state index contributed by atoms with van der Waals surface area (Å²) in [4.78, 5) is 15.7. The summed E-state index contributed by atoms with van der Waals surface area (Å²) in [7, 11) is 0. The molecule has 0 saturated carbocycles. The molecule has 2 aromatic heterocycles. The van der Waals surface area contributed by atoms with E-state index in [-0.39, 0.29) is 5.78 Å². The largest absolute Gasteiger partial charge is 0.289 e. The van der Waals surface area contributed by atoms with E-state index in [0.29, 0.717) is 5.56 Å². The summed E-state index contributed by atoms with van der Waals surface area (Å²) in [6, 6.07) is 3.69. The molecule has 2 rings (SSSR count). The molecule has 2 heterocycles. The number of pyridine rings is 1. The number of nitrogens with zero attached hydrogens (tertiary/aromatic N) is 3. The van der Waals surface area contributed by atoms with Crippen LogP contribution in [0, 0.1) is 0 Å². The molecule has 4 nitrogen and oxygen atoms in total. The van der Waals surface area contributed by atoms with Crippen LogP contribution in [-0.2, 0) is 6.54 Å². The number of hydrogen-bond acceptors (Lipinski definition) is 3. The molecule has 0 atom stereocenters. The molecule has 0 N–H and O–H groups in total. The van der Waals surface area contributed by atoms with Crippen molar-refractivity contribution in [2.24, 2.45) is 0 Å². The smallest absolute Gasteiger partial charge is 0.189 e. The third kappa shape index (κ3) is 2.87. The fraction of sp³-hybridized carbons (Fsp3) is 0.154. The van der Waals surface area contributed by atoms with Gasteiger partial charge in [-0.1, -0.05) is 6.08 Å². The minimum atomic E-state index is -0.0403. The monoisotopic (exact) mass is 227 g/mol. The second-order valence-corrected chi connectivity index (χ2v) is 3.56. The first-order chi connectivity index (χ1) is 8.29. The lowest BCUT2D eigenvalue weighted by Gasteiger charge is -1.91. The van der Waals surface area contributed by atoms with Crippen LogP contribution in [0.3, 0.4) is 0 Å². The van der Waals surface area contributed by atoms with Crippen molar-refractivity contribution in [1.29, 1.82) is 0 Å². The lowest BCUT2D eigenvalue weighted by Crippen LogP contribution is -1.94. The first-order valence-corrected chi connectivity index (χ1v) is 5.44. The molecular weight excluding hydrogens is 214 g/mol. The van der Waals surface area contributed by atoms with E-state index >= 15 is 0 Å². The predicted octanol–water partition coefficient (Wildman–Crippen LogP) is 2.19. The molecule has 0 fully saturated rings. The quantitative estimate of drug-likeness (QED) is 0.594. The van der Waals surface area contributed by atoms with Gasteiger partial charge in [0.1, 0.15) is 0 Å². The Labute approximate surface area is 99.6 Å². The van der Waals surface area contributed by atoms with E-state index < -0.39 is 0 Å². The number of aryl methyl sites for hydroxylation is 1. The fourth-order valence-corrected chi connectivity index (χ4v) is 1.41. The molecule has 0 amide bonds. The van der Waals surface area contributed by atoms with Crippen LogP contribution in [0.5, 0.6) is 0 Å². The second kappa shape index (κ2) is 5.21. The topological polar surface area (TPSA) is 47.8 Å². The van der Waals surface area contributed by atoms with Crippen molar-refractivity contribution in [3.05, 3.63) is 54.1 Å². The maximum Gasteiger partial charge on any atom is 0.189 e. The van der Waals surface area contributed by atoms with Gasteiger partial charge in [-0.15, -0.1) is 0 Å². The number of carbonyl (C=O) groups excluding carboxylic acids is 1. The van der Waals surface area contributed by atoms with E-state index in [1.165, 1.54) is 0 Å². The van der Waals surface area contributed by atoms with Crippen LogP contribution in [0.1, 0.15) is 22.8 Å². The zero-order valence-electron chi connectivity index (χ0n) is 9.58. The Morgan fingerprint density at radius 2 is 2.18 bits per heavy atom. The minimum absolute atomic E-state index is 0.0403. The lowest BCUT2D eigenvalue weighted by atomic mass is 10.2. The van der Waals surface area contributed by atoms with Crippen LogP contribution < -0.4 is 0 Å². The summed E-state index contributed by atoms with van der Waals surface area (Å²) in [6.07, 6.45) is 10.0. The van der Waals surface area contributed by atoms with Crippen LogP contribution in [0.2, 0.25) is 0 Å². The second-order valence-electron chi connectivity index (χ2n) is 3.56. The molecule has 0 saturated heterocycles. The molecule has 0 aliphatic heterocycles. The molecule has 0 radical (unpaired) electrons. The summed E-state index contributed by atoms with van der Waals surface area (Å²) < 4.78 is 1.73. The maximum atomic E-state index is 11.8. The van der Waals surface area contributed by atoms with Gasteiger partial charge in [0.05, 0.1) is 11.8 Å². The van der Waals surface area contributed by atoms with Gasteiger partial charge in [-0.3, -0.25) is 14.5 Å². The van der Waals surface area contributed by atoms with E-state index in [1.54, 1.807) is 41.6 Å². The Bertz CT molecular complexity index is 529. The van der Waals surface area contributed by atoms with E-state index in [1.807, 2.05) is 19.1 Å². The van der Waals surface area contributed by atoms with Crippen LogP contribution in [0.25, 0.3) is 6.08 Å². The molecule has 0 aromatic carbocycles. The van der Waals surface area contributed by atoms with Gasteiger partial charge in [-0.2, -0.15) is 5.10 Å². The first-order valence-electron chi connectivity index (χ1n) is 5.44. The van der Waals surface area contributed by atoms with Crippen molar-refractivity contribution in [1.82, 2.24) is 14.8 Å². The summed E-state index contributed by atoms with van der Waals surface area (Å²) >= 11 is 0. The first kappa shape index (κ1) is 11.3. The van der Waals surface area contributed by atoms with Gasteiger partial charge < -0.3 is 0 Å². The van der Waals surface area contributed by atoms with Crippen molar-refractivity contribution >= 4 is 11.9 Å². The molecule has 4 heteroatoms. The van der Waals surface area contributed by atoms with E-state index in [4.69, 9.17) is 0 Å². The predicted molar refractivity (Wildman–Crippen MR) is 65.5 cm³/mol. The molecular formula is C13H13N3O. The molecule has 2 aromatic rings. The van der Waals surface area contributed by atoms with Crippen LogP contribution in [-0.4, -0.2) is 20.5 Å². The van der Waals surface area contributed by atoms with Gasteiger partial charge in [0, 0.05) is 25.1 Å². The summed E-state index contributed by atoms with van der Waals surface area (Å²) in [5.41, 5.74) is 1.56. The molecule has 17 heavy (non-hydrogen) atoms. The summed E-state index contributed by atoms with van der Waals surface area (Å²) in [5.74, 6) is -0.0403. The zero-order valence-corrected chi connectivity index (χ0v) is 9.58. The van der Waals surface area contributed by atoms with E-state index in [9.17, 15) is 4.79 Å². The number of rotatable bonds is 4. The maximum absolute atomic E-state index is 11.8. The van der Waals surface area contributed by atoms with Crippen LogP contribution in [0.15, 0.2) is 43.0 Å². The Balaban J connectivity index is 2.09. The Morgan fingerprint density at radius 1 is 1.41 bits per heavy atom. The molecule has 0 bridgehead atoms. The highest BCUT2D eigenvalue weighted by molar-refractivity contribution is 6.06. The average Bonchev–Trinajstić information content (AvgIpc) is 2.86. The average molecular weight is 227 g/mol. The van der Waals surface area contributed by atoms with E-state index in [2.05, 4.69) is 10.1 Å². The minimum Gasteiger partial charge on any atom is -0.289 e. The van der Waals surface area contributed by atoms with Crippen molar-refractivity contribution in [2.45, 2.75) is 13.5 Å². The Kier molecular flexibility index (Phi) is 3.45. The normalized spacial score (nSPS) is 10.9. The third-order valence-corrected chi connectivity index (χ3v) is 2.38. The van der Waals surface area contributed by atoms with Crippen LogP contribution in [0.4, 0.5) is 0 Å².